The number of rotatable bonds is 5. The molecule has 3 rings (SSSR count). The summed E-state index contributed by atoms with van der Waals surface area (Å²) < 4.78 is 21.3. The molecule has 2 unspecified atom stereocenters. The molecule has 0 bridgehead atoms. The number of ether oxygens (including phenoxy) is 1. The molecule has 1 aromatic carbocycles. The first-order chi connectivity index (χ1) is 13.1. The number of aliphatic imine (C=N–C) groups is 1. The van der Waals surface area contributed by atoms with Crippen molar-refractivity contribution in [1.29, 1.82) is 0 Å². The van der Waals surface area contributed by atoms with Gasteiger partial charge >= 0.3 is 0 Å². The lowest BCUT2D eigenvalue weighted by Crippen LogP contribution is -2.51. The zero-order chi connectivity index (χ0) is 19.2. The van der Waals surface area contributed by atoms with E-state index in [9.17, 15) is 4.39 Å². The number of benzene rings is 1. The standard InChI is InChI=1S/C19H27FN6O.HI/c1-4-18-24-23-13-25(18)10-9-22-19(21-3)26-11-14(2)27-17(12-26)15-5-7-16(20)8-6-15;/h5-8,13-14,17H,4,9-12H2,1-3H3,(H,21,22);1H. The second kappa shape index (κ2) is 10.7. The van der Waals surface area contributed by atoms with Gasteiger partial charge in [0.15, 0.2) is 5.96 Å². The van der Waals surface area contributed by atoms with E-state index < -0.39 is 0 Å². The van der Waals surface area contributed by atoms with Gasteiger partial charge in [-0.15, -0.1) is 34.2 Å². The molecule has 0 aliphatic carbocycles. The van der Waals surface area contributed by atoms with E-state index in [1.54, 1.807) is 25.5 Å². The maximum Gasteiger partial charge on any atom is 0.193 e. The summed E-state index contributed by atoms with van der Waals surface area (Å²) in [5.41, 5.74) is 0.973. The number of guanidine groups is 1. The van der Waals surface area contributed by atoms with E-state index in [-0.39, 0.29) is 42.0 Å². The van der Waals surface area contributed by atoms with Crippen molar-refractivity contribution in [2.45, 2.75) is 39.0 Å². The summed E-state index contributed by atoms with van der Waals surface area (Å²) in [5, 5.41) is 11.5. The minimum atomic E-state index is -0.239. The third kappa shape index (κ3) is 5.63. The van der Waals surface area contributed by atoms with Crippen molar-refractivity contribution in [3.05, 3.63) is 47.8 Å². The fourth-order valence-electron chi connectivity index (χ4n) is 3.35. The minimum Gasteiger partial charge on any atom is -0.367 e. The van der Waals surface area contributed by atoms with Gasteiger partial charge in [0.2, 0.25) is 0 Å². The Labute approximate surface area is 182 Å². The van der Waals surface area contributed by atoms with Crippen LogP contribution in [-0.2, 0) is 17.7 Å². The molecule has 1 aliphatic heterocycles. The van der Waals surface area contributed by atoms with Crippen molar-refractivity contribution in [2.75, 3.05) is 26.7 Å². The van der Waals surface area contributed by atoms with Gasteiger partial charge in [0.1, 0.15) is 24.1 Å². The number of hydrogen-bond acceptors (Lipinski definition) is 4. The third-order valence-electron chi connectivity index (χ3n) is 4.66. The first kappa shape index (κ1) is 22.5. The maximum absolute atomic E-state index is 13.2. The van der Waals surface area contributed by atoms with Crippen LogP contribution in [0.1, 0.15) is 31.3 Å². The molecule has 1 saturated heterocycles. The van der Waals surface area contributed by atoms with Gasteiger partial charge in [-0.2, -0.15) is 0 Å². The summed E-state index contributed by atoms with van der Waals surface area (Å²) in [6, 6.07) is 6.51. The second-order valence-electron chi connectivity index (χ2n) is 6.66. The lowest BCUT2D eigenvalue weighted by molar-refractivity contribution is -0.0605. The lowest BCUT2D eigenvalue weighted by Gasteiger charge is -2.38. The summed E-state index contributed by atoms with van der Waals surface area (Å²) in [6.45, 7) is 7.03. The number of aryl methyl sites for hydroxylation is 1. The Balaban J connectivity index is 0.00000280. The highest BCUT2D eigenvalue weighted by Gasteiger charge is 2.28. The molecule has 1 fully saturated rings. The number of hydrogen-bond donors (Lipinski definition) is 1. The molecule has 0 amide bonds. The predicted molar refractivity (Wildman–Crippen MR) is 117 cm³/mol. The molecule has 2 heterocycles. The van der Waals surface area contributed by atoms with Gasteiger partial charge < -0.3 is 19.5 Å². The van der Waals surface area contributed by atoms with Gasteiger partial charge in [0.25, 0.3) is 0 Å². The molecule has 7 nitrogen and oxygen atoms in total. The number of nitrogens with one attached hydrogen (secondary N) is 1. The molecule has 0 saturated carbocycles. The van der Waals surface area contributed by atoms with Crippen LogP contribution in [0.3, 0.4) is 0 Å². The van der Waals surface area contributed by atoms with E-state index in [0.29, 0.717) is 6.54 Å². The highest BCUT2D eigenvalue weighted by atomic mass is 127. The zero-order valence-electron chi connectivity index (χ0n) is 16.5. The van der Waals surface area contributed by atoms with Crippen LogP contribution >= 0.6 is 24.0 Å². The predicted octanol–water partition coefficient (Wildman–Crippen LogP) is 2.64. The Hall–Kier alpha value is -1.75. The molecule has 2 aromatic rings. The van der Waals surface area contributed by atoms with E-state index in [1.807, 2.05) is 11.5 Å². The molecule has 1 aromatic heterocycles. The van der Waals surface area contributed by atoms with Gasteiger partial charge in [0.05, 0.1) is 12.6 Å². The van der Waals surface area contributed by atoms with Crippen LogP contribution in [0.2, 0.25) is 0 Å². The highest BCUT2D eigenvalue weighted by Crippen LogP contribution is 2.25. The molecule has 154 valence electrons. The van der Waals surface area contributed by atoms with Crippen LogP contribution in [-0.4, -0.2) is 58.4 Å². The zero-order valence-corrected chi connectivity index (χ0v) is 18.8. The molecule has 28 heavy (non-hydrogen) atoms. The van der Waals surface area contributed by atoms with Gasteiger partial charge in [-0.05, 0) is 24.6 Å². The van der Waals surface area contributed by atoms with E-state index in [4.69, 9.17) is 4.74 Å². The van der Waals surface area contributed by atoms with E-state index in [1.165, 1.54) is 12.1 Å². The summed E-state index contributed by atoms with van der Waals surface area (Å²) in [7, 11) is 1.78. The summed E-state index contributed by atoms with van der Waals surface area (Å²) in [4.78, 5) is 6.61. The summed E-state index contributed by atoms with van der Waals surface area (Å²) >= 11 is 0. The van der Waals surface area contributed by atoms with Crippen molar-refractivity contribution in [2.24, 2.45) is 4.99 Å². The lowest BCUT2D eigenvalue weighted by atomic mass is 10.1. The Kier molecular flexibility index (Phi) is 8.61. The summed E-state index contributed by atoms with van der Waals surface area (Å²) in [5.74, 6) is 1.57. The molecular formula is C19H28FIN6O. The monoisotopic (exact) mass is 502 g/mol. The molecule has 2 atom stereocenters. The van der Waals surface area contributed by atoms with E-state index in [0.717, 1.165) is 43.4 Å². The van der Waals surface area contributed by atoms with Crippen molar-refractivity contribution >= 4 is 29.9 Å². The fourth-order valence-corrected chi connectivity index (χ4v) is 3.35. The molecule has 0 spiro atoms. The average molecular weight is 502 g/mol. The van der Waals surface area contributed by atoms with Crippen molar-refractivity contribution < 1.29 is 9.13 Å². The molecular weight excluding hydrogens is 474 g/mol. The van der Waals surface area contributed by atoms with E-state index >= 15 is 0 Å². The Morgan fingerprint density at radius 2 is 2.07 bits per heavy atom. The largest absolute Gasteiger partial charge is 0.367 e. The van der Waals surface area contributed by atoms with Crippen LogP contribution in [0, 0.1) is 5.82 Å². The number of nitrogens with zero attached hydrogens (tertiary/aromatic N) is 5. The molecule has 1 aliphatic rings. The van der Waals surface area contributed by atoms with E-state index in [2.05, 4.69) is 32.3 Å². The Morgan fingerprint density at radius 1 is 1.32 bits per heavy atom. The average Bonchev–Trinajstić information content (AvgIpc) is 3.13. The Bertz CT molecular complexity index is 766. The van der Waals surface area contributed by atoms with Gasteiger partial charge in [-0.3, -0.25) is 4.99 Å². The van der Waals surface area contributed by atoms with Crippen LogP contribution < -0.4 is 5.32 Å². The van der Waals surface area contributed by atoms with Crippen molar-refractivity contribution in [3.63, 3.8) is 0 Å². The molecule has 1 N–H and O–H groups in total. The van der Waals surface area contributed by atoms with Gasteiger partial charge in [-0.1, -0.05) is 19.1 Å². The van der Waals surface area contributed by atoms with Gasteiger partial charge in [0, 0.05) is 33.1 Å². The van der Waals surface area contributed by atoms with Crippen molar-refractivity contribution in [1.82, 2.24) is 25.0 Å². The number of aromatic nitrogens is 3. The second-order valence-corrected chi connectivity index (χ2v) is 6.66. The molecule has 0 radical (unpaired) electrons. The normalized spacial score (nSPS) is 20.0. The minimum absolute atomic E-state index is 0. The fraction of sp³-hybridized carbons (Fsp3) is 0.526. The third-order valence-corrected chi connectivity index (χ3v) is 4.66. The quantitative estimate of drug-likeness (QED) is 0.387. The smallest absolute Gasteiger partial charge is 0.193 e. The first-order valence-corrected chi connectivity index (χ1v) is 9.34. The molecule has 9 heteroatoms. The van der Waals surface area contributed by atoms with Crippen LogP contribution in [0.25, 0.3) is 0 Å². The topological polar surface area (TPSA) is 67.6 Å². The maximum atomic E-state index is 13.2. The van der Waals surface area contributed by atoms with Crippen LogP contribution in [0.4, 0.5) is 4.39 Å². The van der Waals surface area contributed by atoms with Gasteiger partial charge in [-0.25, -0.2) is 4.39 Å². The summed E-state index contributed by atoms with van der Waals surface area (Å²) in [6.07, 6.45) is 2.55. The number of halogens is 2. The van der Waals surface area contributed by atoms with Crippen LogP contribution in [0.5, 0.6) is 0 Å². The first-order valence-electron chi connectivity index (χ1n) is 9.34. The Morgan fingerprint density at radius 3 is 2.75 bits per heavy atom. The number of morpholine rings is 1. The van der Waals surface area contributed by atoms with Crippen molar-refractivity contribution in [3.8, 4) is 0 Å². The highest BCUT2D eigenvalue weighted by molar-refractivity contribution is 14.0. The SMILES string of the molecule is CCc1nncn1CCNC(=NC)N1CC(C)OC(c2ccc(F)cc2)C1.I. The van der Waals surface area contributed by atoms with Crippen LogP contribution in [0.15, 0.2) is 35.6 Å².